The number of aliphatic hydroxyl groups is 1. The van der Waals surface area contributed by atoms with E-state index in [-0.39, 0.29) is 18.4 Å². The third-order valence-corrected chi connectivity index (χ3v) is 3.23. The quantitative estimate of drug-likeness (QED) is 0.825. The third-order valence-electron chi connectivity index (χ3n) is 3.23. The highest BCUT2D eigenvalue weighted by Crippen LogP contribution is 2.14. The number of aryl methyl sites for hydroxylation is 1. The van der Waals surface area contributed by atoms with Crippen LogP contribution in [0.4, 0.5) is 0 Å². The molecule has 0 bridgehead atoms. The third kappa shape index (κ3) is 3.08. The van der Waals surface area contributed by atoms with E-state index in [4.69, 9.17) is 5.11 Å². The molecule has 6 nitrogen and oxygen atoms in total. The molecule has 0 fully saturated rings. The summed E-state index contributed by atoms with van der Waals surface area (Å²) in [4.78, 5) is 12.2. The first-order chi connectivity index (χ1) is 9.63. The van der Waals surface area contributed by atoms with Crippen LogP contribution in [0.2, 0.25) is 0 Å². The van der Waals surface area contributed by atoms with Crippen molar-refractivity contribution < 1.29 is 9.90 Å². The molecular formula is C14H20N4O2. The number of carbonyl (C=O) groups excluding carboxylic acids is 1. The van der Waals surface area contributed by atoms with Gasteiger partial charge < -0.3 is 15.0 Å². The van der Waals surface area contributed by atoms with E-state index in [9.17, 15) is 4.79 Å². The van der Waals surface area contributed by atoms with Crippen molar-refractivity contribution in [1.29, 1.82) is 0 Å². The number of aromatic nitrogens is 3. The van der Waals surface area contributed by atoms with Crippen LogP contribution >= 0.6 is 0 Å². The molecule has 2 aromatic rings. The molecule has 2 aromatic heterocycles. The molecule has 2 heterocycles. The lowest BCUT2D eigenvalue weighted by Gasteiger charge is -2.12. The van der Waals surface area contributed by atoms with E-state index in [1.54, 1.807) is 17.9 Å². The summed E-state index contributed by atoms with van der Waals surface area (Å²) in [5.74, 6) is 0.838. The van der Waals surface area contributed by atoms with Crippen molar-refractivity contribution in [3.63, 3.8) is 0 Å². The van der Waals surface area contributed by atoms with Crippen molar-refractivity contribution >= 4 is 5.91 Å². The van der Waals surface area contributed by atoms with Gasteiger partial charge in [-0.25, -0.2) is 0 Å². The number of rotatable bonds is 6. The Morgan fingerprint density at radius 3 is 2.80 bits per heavy atom. The zero-order valence-electron chi connectivity index (χ0n) is 11.8. The molecule has 0 radical (unpaired) electrons. The van der Waals surface area contributed by atoms with E-state index in [1.165, 1.54) is 0 Å². The Morgan fingerprint density at radius 1 is 1.45 bits per heavy atom. The van der Waals surface area contributed by atoms with E-state index < -0.39 is 0 Å². The van der Waals surface area contributed by atoms with Crippen molar-refractivity contribution in [1.82, 2.24) is 19.7 Å². The molecule has 20 heavy (non-hydrogen) atoms. The van der Waals surface area contributed by atoms with Crippen LogP contribution in [0.25, 0.3) is 5.82 Å². The fourth-order valence-corrected chi connectivity index (χ4v) is 2.06. The van der Waals surface area contributed by atoms with Gasteiger partial charge in [-0.3, -0.25) is 9.48 Å². The lowest BCUT2D eigenvalue weighted by Crippen LogP contribution is -2.29. The second-order valence-electron chi connectivity index (χ2n) is 4.92. The molecule has 0 spiro atoms. The molecule has 1 amide bonds. The Morgan fingerprint density at radius 2 is 2.15 bits per heavy atom. The normalized spacial score (nSPS) is 12.3. The number of hydrogen-bond donors (Lipinski definition) is 2. The van der Waals surface area contributed by atoms with Gasteiger partial charge >= 0.3 is 0 Å². The van der Waals surface area contributed by atoms with Gasteiger partial charge in [0.1, 0.15) is 11.4 Å². The van der Waals surface area contributed by atoms with Crippen LogP contribution < -0.4 is 5.32 Å². The van der Waals surface area contributed by atoms with Crippen LogP contribution in [-0.2, 0) is 7.05 Å². The molecule has 0 saturated heterocycles. The molecule has 6 heteroatoms. The highest BCUT2D eigenvalue weighted by molar-refractivity contribution is 5.97. The summed E-state index contributed by atoms with van der Waals surface area (Å²) < 4.78 is 3.53. The Balaban J connectivity index is 2.11. The van der Waals surface area contributed by atoms with Gasteiger partial charge in [-0.15, -0.1) is 0 Å². The molecule has 1 unspecified atom stereocenters. The fourth-order valence-electron chi connectivity index (χ4n) is 2.06. The van der Waals surface area contributed by atoms with Gasteiger partial charge in [-0.05, 0) is 24.5 Å². The minimum absolute atomic E-state index is 0.137. The van der Waals surface area contributed by atoms with Gasteiger partial charge in [0, 0.05) is 32.6 Å². The highest BCUT2D eigenvalue weighted by Gasteiger charge is 2.17. The maximum Gasteiger partial charge on any atom is 0.256 e. The standard InChI is InChI=1S/C14H20N4O2/c1-11(5-8-19)9-15-13(20)12-10-16-17(2)14(12)18-6-3-4-7-18/h3-4,6-7,10-11,19H,5,8-9H2,1-2H3,(H,15,20). The molecule has 0 aliphatic carbocycles. The van der Waals surface area contributed by atoms with Crippen LogP contribution in [0, 0.1) is 5.92 Å². The maximum atomic E-state index is 12.2. The largest absolute Gasteiger partial charge is 0.396 e. The second kappa shape index (κ2) is 6.38. The zero-order chi connectivity index (χ0) is 14.5. The zero-order valence-corrected chi connectivity index (χ0v) is 11.8. The lowest BCUT2D eigenvalue weighted by molar-refractivity contribution is 0.0945. The van der Waals surface area contributed by atoms with Crippen LogP contribution in [0.3, 0.4) is 0 Å². The van der Waals surface area contributed by atoms with Crippen molar-refractivity contribution in [2.75, 3.05) is 13.2 Å². The SMILES string of the molecule is CC(CCO)CNC(=O)c1cnn(C)c1-n1cccc1. The van der Waals surface area contributed by atoms with Crippen molar-refractivity contribution in [3.8, 4) is 5.82 Å². The summed E-state index contributed by atoms with van der Waals surface area (Å²) in [5, 5.41) is 15.9. The Bertz CT molecular complexity index is 560. The molecule has 108 valence electrons. The van der Waals surface area contributed by atoms with Crippen LogP contribution in [0.1, 0.15) is 23.7 Å². The number of hydrogen-bond acceptors (Lipinski definition) is 3. The van der Waals surface area contributed by atoms with Gasteiger partial charge in [0.2, 0.25) is 0 Å². The monoisotopic (exact) mass is 276 g/mol. The van der Waals surface area contributed by atoms with Crippen LogP contribution in [0.5, 0.6) is 0 Å². The van der Waals surface area contributed by atoms with Gasteiger partial charge in [-0.2, -0.15) is 5.10 Å². The van der Waals surface area contributed by atoms with Crippen LogP contribution in [-0.4, -0.2) is 38.5 Å². The number of carbonyl (C=O) groups is 1. The Kier molecular flexibility index (Phi) is 4.57. The summed E-state index contributed by atoms with van der Waals surface area (Å²) in [6, 6.07) is 3.80. The Hall–Kier alpha value is -2.08. The fraction of sp³-hybridized carbons (Fsp3) is 0.429. The van der Waals surface area contributed by atoms with E-state index in [0.717, 1.165) is 5.82 Å². The molecule has 2 N–H and O–H groups in total. The Labute approximate surface area is 118 Å². The minimum atomic E-state index is -0.147. The molecule has 2 rings (SSSR count). The highest BCUT2D eigenvalue weighted by atomic mass is 16.3. The van der Waals surface area contributed by atoms with Gasteiger partial charge in [0.25, 0.3) is 5.91 Å². The molecular weight excluding hydrogens is 256 g/mol. The van der Waals surface area contributed by atoms with E-state index >= 15 is 0 Å². The smallest absolute Gasteiger partial charge is 0.256 e. The number of aliphatic hydroxyl groups excluding tert-OH is 1. The summed E-state index contributed by atoms with van der Waals surface area (Å²) in [5.41, 5.74) is 0.542. The molecule has 0 saturated carbocycles. The van der Waals surface area contributed by atoms with Gasteiger partial charge in [0.05, 0.1) is 6.20 Å². The minimum Gasteiger partial charge on any atom is -0.396 e. The number of nitrogens with one attached hydrogen (secondary N) is 1. The topological polar surface area (TPSA) is 72.1 Å². The molecule has 0 aliphatic rings. The summed E-state index contributed by atoms with van der Waals surface area (Å²) in [6.07, 6.45) is 6.00. The molecule has 1 atom stereocenters. The first-order valence-electron chi connectivity index (χ1n) is 6.68. The first-order valence-corrected chi connectivity index (χ1v) is 6.68. The number of nitrogens with zero attached hydrogens (tertiary/aromatic N) is 3. The van der Waals surface area contributed by atoms with Gasteiger partial charge in [-0.1, -0.05) is 6.92 Å². The average molecular weight is 276 g/mol. The second-order valence-corrected chi connectivity index (χ2v) is 4.92. The number of amides is 1. The summed E-state index contributed by atoms with van der Waals surface area (Å²) in [6.45, 7) is 2.67. The molecule has 0 aliphatic heterocycles. The van der Waals surface area contributed by atoms with Crippen LogP contribution in [0.15, 0.2) is 30.7 Å². The van der Waals surface area contributed by atoms with Crippen molar-refractivity contribution in [2.24, 2.45) is 13.0 Å². The van der Waals surface area contributed by atoms with E-state index in [2.05, 4.69) is 10.4 Å². The maximum absolute atomic E-state index is 12.2. The van der Waals surface area contributed by atoms with Gasteiger partial charge in [0.15, 0.2) is 0 Å². The predicted molar refractivity (Wildman–Crippen MR) is 75.7 cm³/mol. The van der Waals surface area contributed by atoms with E-state index in [1.807, 2.05) is 36.0 Å². The first kappa shape index (κ1) is 14.3. The average Bonchev–Trinajstić information content (AvgIpc) is 3.05. The lowest BCUT2D eigenvalue weighted by atomic mass is 10.1. The van der Waals surface area contributed by atoms with E-state index in [0.29, 0.717) is 18.5 Å². The van der Waals surface area contributed by atoms with Crippen molar-refractivity contribution in [3.05, 3.63) is 36.3 Å². The molecule has 0 aromatic carbocycles. The summed E-state index contributed by atoms with van der Waals surface area (Å²) in [7, 11) is 1.81. The summed E-state index contributed by atoms with van der Waals surface area (Å²) >= 11 is 0. The predicted octanol–water partition coefficient (Wildman–Crippen LogP) is 0.959. The van der Waals surface area contributed by atoms with Crippen molar-refractivity contribution in [2.45, 2.75) is 13.3 Å².